The Bertz CT molecular complexity index is 952. The summed E-state index contributed by atoms with van der Waals surface area (Å²) in [5, 5.41) is 13.2. The van der Waals surface area contributed by atoms with Gasteiger partial charge in [-0.25, -0.2) is 8.78 Å². The van der Waals surface area contributed by atoms with Crippen LogP contribution in [-0.4, -0.2) is 46.9 Å². The van der Waals surface area contributed by atoms with E-state index in [0.717, 1.165) is 12.1 Å². The number of aliphatic hydroxyl groups excluding tert-OH is 1. The maximum Gasteiger partial charge on any atom is 0.274 e. The molecule has 2 amide bonds. The first kappa shape index (κ1) is 20.6. The van der Waals surface area contributed by atoms with E-state index in [4.69, 9.17) is 0 Å². The zero-order chi connectivity index (χ0) is 21.3. The summed E-state index contributed by atoms with van der Waals surface area (Å²) in [6.45, 7) is 6.44. The average Bonchev–Trinajstić information content (AvgIpc) is 3.15. The number of halogens is 2. The number of fused-ring (bicyclic) bond motifs is 1. The van der Waals surface area contributed by atoms with E-state index in [1.807, 2.05) is 6.92 Å². The van der Waals surface area contributed by atoms with Gasteiger partial charge in [-0.3, -0.25) is 9.59 Å². The molecule has 0 atom stereocenters. The Morgan fingerprint density at radius 2 is 2.07 bits per heavy atom. The molecule has 29 heavy (non-hydrogen) atoms. The van der Waals surface area contributed by atoms with E-state index < -0.39 is 17.5 Å². The predicted octanol–water partition coefficient (Wildman–Crippen LogP) is 2.75. The van der Waals surface area contributed by atoms with Crippen LogP contribution in [0.2, 0.25) is 0 Å². The van der Waals surface area contributed by atoms with Crippen LogP contribution in [0.25, 0.3) is 0 Å². The van der Waals surface area contributed by atoms with E-state index in [0.29, 0.717) is 31.6 Å². The molecule has 2 aliphatic heterocycles. The molecular weight excluding hydrogens is 380 g/mol. The molecule has 0 spiro atoms. The van der Waals surface area contributed by atoms with E-state index in [2.05, 4.69) is 11.9 Å². The van der Waals surface area contributed by atoms with Gasteiger partial charge in [-0.2, -0.15) is 0 Å². The van der Waals surface area contributed by atoms with Crippen molar-refractivity contribution in [1.82, 2.24) is 15.1 Å². The molecule has 3 rings (SSSR count). The first-order valence-corrected chi connectivity index (χ1v) is 9.37. The molecule has 0 aliphatic carbocycles. The number of likely N-dealkylation sites (N-methyl/N-ethyl adjacent to an activating group) is 1. The van der Waals surface area contributed by atoms with Crippen LogP contribution in [0, 0.1) is 11.6 Å². The van der Waals surface area contributed by atoms with Gasteiger partial charge in [-0.05, 0) is 25.8 Å². The molecule has 1 aromatic carbocycles. The van der Waals surface area contributed by atoms with E-state index in [-0.39, 0.29) is 40.6 Å². The second kappa shape index (κ2) is 8.06. The summed E-state index contributed by atoms with van der Waals surface area (Å²) in [6, 6.07) is 3.12. The van der Waals surface area contributed by atoms with Crippen LogP contribution in [0.1, 0.15) is 25.3 Å². The SMILES string of the molecule is C=C1C(O)=C(C(=O)N(C)CC)N2CCCC2=C1C(=O)NCc1ccc(F)cc1F. The van der Waals surface area contributed by atoms with Gasteiger partial charge in [-0.15, -0.1) is 0 Å². The lowest BCUT2D eigenvalue weighted by molar-refractivity contribution is -0.127. The molecule has 2 aliphatic rings. The highest BCUT2D eigenvalue weighted by Crippen LogP contribution is 2.39. The summed E-state index contributed by atoms with van der Waals surface area (Å²) < 4.78 is 26.9. The average molecular weight is 403 g/mol. The molecule has 6 nitrogen and oxygen atoms in total. The van der Waals surface area contributed by atoms with Gasteiger partial charge in [-0.1, -0.05) is 12.6 Å². The normalized spacial score (nSPS) is 16.3. The van der Waals surface area contributed by atoms with Crippen molar-refractivity contribution in [2.45, 2.75) is 26.3 Å². The van der Waals surface area contributed by atoms with Gasteiger partial charge in [0.1, 0.15) is 17.3 Å². The largest absolute Gasteiger partial charge is 0.505 e. The number of hydrogen-bond donors (Lipinski definition) is 2. The first-order chi connectivity index (χ1) is 13.8. The monoisotopic (exact) mass is 403 g/mol. The third-order valence-electron chi connectivity index (χ3n) is 5.20. The second-order valence-electron chi connectivity index (χ2n) is 6.99. The molecule has 0 aromatic heterocycles. The fourth-order valence-electron chi connectivity index (χ4n) is 3.48. The second-order valence-corrected chi connectivity index (χ2v) is 6.99. The number of carbonyl (C=O) groups is 2. The number of rotatable bonds is 5. The Morgan fingerprint density at radius 3 is 2.72 bits per heavy atom. The van der Waals surface area contributed by atoms with Crippen molar-refractivity contribution in [3.63, 3.8) is 0 Å². The van der Waals surface area contributed by atoms with Crippen LogP contribution in [0.15, 0.2) is 53.1 Å². The summed E-state index contributed by atoms with van der Waals surface area (Å²) >= 11 is 0. The Morgan fingerprint density at radius 1 is 1.34 bits per heavy atom. The smallest absolute Gasteiger partial charge is 0.274 e. The van der Waals surface area contributed by atoms with Crippen molar-refractivity contribution in [2.24, 2.45) is 0 Å². The predicted molar refractivity (Wildman–Crippen MR) is 103 cm³/mol. The minimum atomic E-state index is -0.758. The Kier molecular flexibility index (Phi) is 5.72. The molecule has 1 saturated heterocycles. The molecule has 1 fully saturated rings. The number of nitrogens with zero attached hydrogens (tertiary/aromatic N) is 2. The summed E-state index contributed by atoms with van der Waals surface area (Å²) in [4.78, 5) is 28.7. The maximum absolute atomic E-state index is 13.8. The molecule has 154 valence electrons. The quantitative estimate of drug-likeness (QED) is 0.793. The van der Waals surface area contributed by atoms with Crippen molar-refractivity contribution in [3.05, 3.63) is 70.3 Å². The highest BCUT2D eigenvalue weighted by atomic mass is 19.1. The minimum Gasteiger partial charge on any atom is -0.505 e. The number of allylic oxidation sites excluding steroid dienone is 2. The van der Waals surface area contributed by atoms with Gasteiger partial charge in [0.2, 0.25) is 0 Å². The van der Waals surface area contributed by atoms with E-state index in [1.165, 1.54) is 11.0 Å². The molecule has 8 heteroatoms. The Labute approximate surface area is 167 Å². The lowest BCUT2D eigenvalue weighted by Gasteiger charge is -2.32. The van der Waals surface area contributed by atoms with Gasteiger partial charge >= 0.3 is 0 Å². The standard InChI is InChI=1S/C21H23F2N3O3/c1-4-25(3)21(29)18-19(27)12(2)17(16-6-5-9-26(16)18)20(28)24-11-13-7-8-14(22)10-15(13)23/h7-8,10,27H,2,4-6,9,11H2,1,3H3,(H,24,28). The van der Waals surface area contributed by atoms with Gasteiger partial charge in [0.15, 0.2) is 5.76 Å². The lowest BCUT2D eigenvalue weighted by atomic mass is 9.95. The summed E-state index contributed by atoms with van der Waals surface area (Å²) in [5.41, 5.74) is 1.10. The molecule has 2 heterocycles. The molecule has 0 bridgehead atoms. The number of hydrogen-bond acceptors (Lipinski definition) is 4. The maximum atomic E-state index is 13.8. The third kappa shape index (κ3) is 3.74. The van der Waals surface area contributed by atoms with Crippen molar-refractivity contribution in [1.29, 1.82) is 0 Å². The van der Waals surface area contributed by atoms with Crippen molar-refractivity contribution >= 4 is 11.8 Å². The van der Waals surface area contributed by atoms with Crippen molar-refractivity contribution in [2.75, 3.05) is 20.1 Å². The van der Waals surface area contributed by atoms with Gasteiger partial charge in [0.25, 0.3) is 11.8 Å². The molecule has 0 saturated carbocycles. The third-order valence-corrected chi connectivity index (χ3v) is 5.20. The molecule has 0 radical (unpaired) electrons. The zero-order valence-electron chi connectivity index (χ0n) is 16.4. The van der Waals surface area contributed by atoms with Crippen LogP contribution >= 0.6 is 0 Å². The van der Waals surface area contributed by atoms with E-state index in [9.17, 15) is 23.5 Å². The Hall–Kier alpha value is -3.16. The van der Waals surface area contributed by atoms with Crippen molar-refractivity contribution < 1.29 is 23.5 Å². The van der Waals surface area contributed by atoms with Crippen LogP contribution in [-0.2, 0) is 16.1 Å². The highest BCUT2D eigenvalue weighted by molar-refractivity contribution is 6.03. The topological polar surface area (TPSA) is 72.9 Å². The van der Waals surface area contributed by atoms with Gasteiger partial charge < -0.3 is 20.2 Å². The molecule has 2 N–H and O–H groups in total. The number of aliphatic hydroxyl groups is 1. The lowest BCUT2D eigenvalue weighted by Crippen LogP contribution is -2.39. The van der Waals surface area contributed by atoms with Gasteiger partial charge in [0, 0.05) is 49.6 Å². The zero-order valence-corrected chi connectivity index (χ0v) is 16.4. The summed E-state index contributed by atoms with van der Waals surface area (Å²) in [7, 11) is 1.63. The summed E-state index contributed by atoms with van der Waals surface area (Å²) in [5.74, 6) is -2.68. The Balaban J connectivity index is 1.87. The number of amides is 2. The first-order valence-electron chi connectivity index (χ1n) is 9.37. The van der Waals surface area contributed by atoms with Crippen LogP contribution < -0.4 is 5.32 Å². The molecular formula is C21H23F2N3O3. The number of benzene rings is 1. The fourth-order valence-corrected chi connectivity index (χ4v) is 3.48. The van der Waals surface area contributed by atoms with Crippen LogP contribution in [0.5, 0.6) is 0 Å². The van der Waals surface area contributed by atoms with E-state index in [1.54, 1.807) is 11.9 Å². The molecule has 0 unspecified atom stereocenters. The highest BCUT2D eigenvalue weighted by Gasteiger charge is 2.39. The number of carbonyl (C=O) groups excluding carboxylic acids is 2. The van der Waals surface area contributed by atoms with Crippen LogP contribution in [0.4, 0.5) is 8.78 Å². The van der Waals surface area contributed by atoms with Gasteiger partial charge in [0.05, 0.1) is 5.57 Å². The van der Waals surface area contributed by atoms with Crippen LogP contribution in [0.3, 0.4) is 0 Å². The summed E-state index contributed by atoms with van der Waals surface area (Å²) in [6.07, 6.45) is 1.26. The fraction of sp³-hybridized carbons (Fsp3) is 0.333. The minimum absolute atomic E-state index is 0.0584. The van der Waals surface area contributed by atoms with Crippen molar-refractivity contribution in [3.8, 4) is 0 Å². The number of nitrogens with one attached hydrogen (secondary N) is 1. The van der Waals surface area contributed by atoms with E-state index >= 15 is 0 Å². The molecule has 1 aromatic rings.